The summed E-state index contributed by atoms with van der Waals surface area (Å²) in [6, 6.07) is 3.83. The van der Waals surface area contributed by atoms with Gasteiger partial charge in [0.2, 0.25) is 5.78 Å². The van der Waals surface area contributed by atoms with Crippen LogP contribution in [0, 0.1) is 12.8 Å². The number of aromatic nitrogens is 3. The van der Waals surface area contributed by atoms with Crippen LogP contribution in [0.25, 0.3) is 0 Å². The number of ether oxygens (including phenoxy) is 1. The highest BCUT2D eigenvalue weighted by Gasteiger charge is 2.32. The molecular formula is C24H25ClN4O3S. The summed E-state index contributed by atoms with van der Waals surface area (Å²) in [5.74, 6) is 0.590. The van der Waals surface area contributed by atoms with E-state index in [2.05, 4.69) is 20.3 Å². The van der Waals surface area contributed by atoms with Crippen molar-refractivity contribution in [2.75, 3.05) is 11.9 Å². The zero-order chi connectivity index (χ0) is 23.1. The van der Waals surface area contributed by atoms with Gasteiger partial charge < -0.3 is 15.2 Å². The maximum atomic E-state index is 13.5. The Morgan fingerprint density at radius 1 is 1.24 bits per heavy atom. The second-order valence-corrected chi connectivity index (χ2v) is 10.4. The third-order valence-electron chi connectivity index (χ3n) is 6.53. The average Bonchev–Trinajstić information content (AvgIpc) is 3.34. The molecule has 5 rings (SSSR count). The van der Waals surface area contributed by atoms with Gasteiger partial charge in [0.1, 0.15) is 23.4 Å². The van der Waals surface area contributed by atoms with E-state index in [1.54, 1.807) is 12.4 Å². The number of nitrogens with zero attached hydrogens (tertiary/aromatic N) is 3. The zero-order valence-corrected chi connectivity index (χ0v) is 20.0. The van der Waals surface area contributed by atoms with Gasteiger partial charge in [0.05, 0.1) is 23.2 Å². The van der Waals surface area contributed by atoms with E-state index >= 15 is 0 Å². The second kappa shape index (κ2) is 9.10. The number of halogens is 1. The molecule has 2 aliphatic rings. The lowest BCUT2D eigenvalue weighted by Crippen LogP contribution is -2.20. The molecule has 4 atom stereocenters. The Balaban J connectivity index is 1.43. The number of aryl methyl sites for hydroxylation is 1. The van der Waals surface area contributed by atoms with Gasteiger partial charge in [-0.3, -0.25) is 4.79 Å². The summed E-state index contributed by atoms with van der Waals surface area (Å²) in [4.78, 5) is 27.7. The van der Waals surface area contributed by atoms with Gasteiger partial charge in [0.15, 0.2) is 0 Å². The molecule has 0 saturated heterocycles. The molecule has 1 aliphatic heterocycles. The Morgan fingerprint density at radius 3 is 2.88 bits per heavy atom. The number of thiophene rings is 1. The van der Waals surface area contributed by atoms with E-state index in [9.17, 15) is 9.90 Å². The van der Waals surface area contributed by atoms with E-state index in [0.717, 1.165) is 34.4 Å². The number of anilines is 1. The number of nitrogens with one attached hydrogen (secondary N) is 1. The highest BCUT2D eigenvalue weighted by Crippen LogP contribution is 2.39. The monoisotopic (exact) mass is 484 g/mol. The summed E-state index contributed by atoms with van der Waals surface area (Å²) in [5.41, 5.74) is 3.51. The topological polar surface area (TPSA) is 97.2 Å². The van der Waals surface area contributed by atoms with Crippen LogP contribution in [0.1, 0.15) is 62.7 Å². The number of carbonyl (C=O) groups excluding carboxylic acids is 1. The Bertz CT molecular complexity index is 1190. The van der Waals surface area contributed by atoms with Crippen LogP contribution in [0.15, 0.2) is 30.9 Å². The number of ketones is 1. The summed E-state index contributed by atoms with van der Waals surface area (Å²) < 4.78 is 6.11. The predicted octanol–water partition coefficient (Wildman–Crippen LogP) is 4.36. The molecule has 0 bridgehead atoms. The van der Waals surface area contributed by atoms with Crippen molar-refractivity contribution in [1.82, 2.24) is 15.0 Å². The molecule has 0 amide bonds. The van der Waals surface area contributed by atoms with Gasteiger partial charge in [-0.15, -0.1) is 11.3 Å². The van der Waals surface area contributed by atoms with Crippen LogP contribution in [0.2, 0.25) is 5.15 Å². The Labute approximate surface area is 201 Å². The summed E-state index contributed by atoms with van der Waals surface area (Å²) in [7, 11) is 0. The molecule has 3 aromatic rings. The number of carbonyl (C=O) groups is 1. The van der Waals surface area contributed by atoms with Crippen LogP contribution >= 0.6 is 22.9 Å². The van der Waals surface area contributed by atoms with Crippen molar-refractivity contribution in [2.24, 2.45) is 5.92 Å². The molecule has 7 nitrogen and oxygen atoms in total. The maximum absolute atomic E-state index is 13.5. The molecule has 0 radical (unpaired) electrons. The molecule has 1 aliphatic carbocycles. The minimum absolute atomic E-state index is 0.0718. The standard InChI is InChI=1S/C24H25ClN4O3S/c1-12-5-15(6-19(12)30)29-24-18(10-26-11-28-24)22(31)20-7-16(13(2)33-20)23-17-8-21(25)27-9-14(17)3-4-32-23/h7-12,15,19,23,30H,3-6H2,1-2H3,(H,26,28,29)/t12-,15-,19-,23+/m1/s1. The maximum Gasteiger partial charge on any atom is 0.208 e. The zero-order valence-electron chi connectivity index (χ0n) is 18.4. The minimum Gasteiger partial charge on any atom is -0.393 e. The second-order valence-electron chi connectivity index (χ2n) is 8.80. The van der Waals surface area contributed by atoms with E-state index in [-0.39, 0.29) is 30.0 Å². The fourth-order valence-electron chi connectivity index (χ4n) is 4.71. The van der Waals surface area contributed by atoms with Crippen LogP contribution < -0.4 is 5.32 Å². The number of fused-ring (bicyclic) bond motifs is 1. The lowest BCUT2D eigenvalue weighted by Gasteiger charge is -2.26. The molecule has 0 unspecified atom stereocenters. The van der Waals surface area contributed by atoms with Crippen molar-refractivity contribution in [1.29, 1.82) is 0 Å². The fourth-order valence-corrected chi connectivity index (χ4v) is 5.88. The van der Waals surface area contributed by atoms with E-state index in [4.69, 9.17) is 16.3 Å². The summed E-state index contributed by atoms with van der Waals surface area (Å²) in [6.45, 7) is 4.62. The first-order valence-corrected chi connectivity index (χ1v) is 12.3. The smallest absolute Gasteiger partial charge is 0.208 e. The van der Waals surface area contributed by atoms with Crippen molar-refractivity contribution in [3.8, 4) is 0 Å². The molecule has 1 fully saturated rings. The largest absolute Gasteiger partial charge is 0.393 e. The third-order valence-corrected chi connectivity index (χ3v) is 7.80. The number of rotatable bonds is 5. The molecule has 4 heterocycles. The van der Waals surface area contributed by atoms with Crippen molar-refractivity contribution >= 4 is 34.5 Å². The average molecular weight is 485 g/mol. The predicted molar refractivity (Wildman–Crippen MR) is 127 cm³/mol. The summed E-state index contributed by atoms with van der Waals surface area (Å²) in [5, 5.41) is 13.9. The van der Waals surface area contributed by atoms with Crippen LogP contribution in [0.5, 0.6) is 0 Å². The van der Waals surface area contributed by atoms with Crippen molar-refractivity contribution in [3.05, 3.63) is 68.0 Å². The van der Waals surface area contributed by atoms with E-state index in [0.29, 0.717) is 34.4 Å². The highest BCUT2D eigenvalue weighted by atomic mass is 35.5. The van der Waals surface area contributed by atoms with Gasteiger partial charge in [0, 0.05) is 23.3 Å². The first kappa shape index (κ1) is 22.4. The van der Waals surface area contributed by atoms with Gasteiger partial charge >= 0.3 is 0 Å². The van der Waals surface area contributed by atoms with Gasteiger partial charge in [0.25, 0.3) is 0 Å². The third kappa shape index (κ3) is 4.40. The first-order chi connectivity index (χ1) is 15.9. The molecule has 2 N–H and O–H groups in total. The molecule has 0 spiro atoms. The molecule has 9 heteroatoms. The van der Waals surface area contributed by atoms with Crippen molar-refractivity contribution < 1.29 is 14.6 Å². The number of pyridine rings is 1. The summed E-state index contributed by atoms with van der Waals surface area (Å²) >= 11 is 7.60. The van der Waals surface area contributed by atoms with E-state index in [1.807, 2.05) is 26.0 Å². The Kier molecular flexibility index (Phi) is 6.18. The van der Waals surface area contributed by atoms with Crippen LogP contribution in [0.4, 0.5) is 5.82 Å². The number of hydrogen-bond acceptors (Lipinski definition) is 8. The fraction of sp³-hybridized carbons (Fsp3) is 0.417. The van der Waals surface area contributed by atoms with Crippen molar-refractivity contribution in [2.45, 2.75) is 51.4 Å². The first-order valence-electron chi connectivity index (χ1n) is 11.1. The molecule has 172 valence electrons. The van der Waals surface area contributed by atoms with E-state index < -0.39 is 0 Å². The molecular weight excluding hydrogens is 460 g/mol. The SMILES string of the molecule is Cc1sc(C(=O)c2cncnc2N[C@@H]2C[C@@H](C)[C@H](O)C2)cc1[C@@H]1OCCc2cnc(Cl)cc21. The normalized spacial score (nSPS) is 24.5. The molecule has 0 aromatic carbocycles. The van der Waals surface area contributed by atoms with Gasteiger partial charge in [-0.2, -0.15) is 0 Å². The van der Waals surface area contributed by atoms with E-state index in [1.165, 1.54) is 17.7 Å². The number of aliphatic hydroxyl groups excluding tert-OH is 1. The van der Waals surface area contributed by atoms with Gasteiger partial charge in [-0.05, 0) is 60.9 Å². The quantitative estimate of drug-likeness (QED) is 0.410. The van der Waals surface area contributed by atoms with Gasteiger partial charge in [-0.25, -0.2) is 15.0 Å². The number of aliphatic hydroxyl groups is 1. The molecule has 1 saturated carbocycles. The number of hydrogen-bond donors (Lipinski definition) is 2. The molecule has 33 heavy (non-hydrogen) atoms. The summed E-state index contributed by atoms with van der Waals surface area (Å²) in [6.07, 6.45) is 6.43. The Morgan fingerprint density at radius 2 is 2.09 bits per heavy atom. The van der Waals surface area contributed by atoms with Gasteiger partial charge in [-0.1, -0.05) is 18.5 Å². The minimum atomic E-state index is -0.340. The van der Waals surface area contributed by atoms with Crippen LogP contribution in [-0.4, -0.2) is 44.6 Å². The van der Waals surface area contributed by atoms with Crippen LogP contribution in [-0.2, 0) is 11.2 Å². The van der Waals surface area contributed by atoms with Crippen molar-refractivity contribution in [3.63, 3.8) is 0 Å². The Hall–Kier alpha value is -2.39. The van der Waals surface area contributed by atoms with Crippen LogP contribution in [0.3, 0.4) is 0 Å². The lowest BCUT2D eigenvalue weighted by atomic mass is 9.94. The lowest BCUT2D eigenvalue weighted by molar-refractivity contribution is 0.0695. The highest BCUT2D eigenvalue weighted by molar-refractivity contribution is 7.14. The molecule has 3 aromatic heterocycles.